The van der Waals surface area contributed by atoms with Gasteiger partial charge >= 0.3 is 0 Å². The smallest absolute Gasteiger partial charge is 0.180 e. The molecule has 55 heavy (non-hydrogen) atoms. The van der Waals surface area contributed by atoms with Crippen LogP contribution in [0.4, 0.5) is 0 Å². The lowest BCUT2D eigenvalue weighted by Gasteiger charge is -2.66. The molecular weight excluding hydrogens is 698 g/mol. The second-order valence-corrected chi connectivity index (χ2v) is 20.3. The molecule has 0 aromatic heterocycles. The van der Waals surface area contributed by atoms with Crippen LogP contribution in [-0.2, 0) is 9.53 Å². The van der Waals surface area contributed by atoms with Crippen molar-refractivity contribution in [3.63, 3.8) is 0 Å². The molecule has 1 spiro atoms. The Kier molecular flexibility index (Phi) is 12.0. The maximum atomic E-state index is 15.1. The Morgan fingerprint density at radius 3 is 2.51 bits per heavy atom. The third kappa shape index (κ3) is 6.95. The average Bonchev–Trinajstić information content (AvgIpc) is 3.58. The lowest BCUT2D eigenvalue weighted by Crippen LogP contribution is -2.95. The van der Waals surface area contributed by atoms with Crippen LogP contribution in [0.5, 0.6) is 0 Å². The molecule has 7 aliphatic rings. The number of aliphatic imine (C=N–C) groups is 1. The van der Waals surface area contributed by atoms with E-state index in [9.17, 15) is 30.6 Å². The first-order valence-corrected chi connectivity index (χ1v) is 22.1. The van der Waals surface area contributed by atoms with Crippen molar-refractivity contribution in [3.05, 3.63) is 12.2 Å². The number of nitrogens with zero attached hydrogens (tertiary/aromatic N) is 1. The minimum Gasteiger partial charge on any atom is -0.391 e. The largest absolute Gasteiger partial charge is 0.391 e. The first kappa shape index (κ1) is 41.9. The second-order valence-electron chi connectivity index (χ2n) is 20.3. The summed E-state index contributed by atoms with van der Waals surface area (Å²) in [7, 11) is 0. The normalized spacial score (nSPS) is 49.8. The summed E-state index contributed by atoms with van der Waals surface area (Å²) < 4.78 is 6.32. The van der Waals surface area contributed by atoms with Gasteiger partial charge < -0.3 is 40.7 Å². The van der Waals surface area contributed by atoms with Gasteiger partial charge in [-0.1, -0.05) is 58.6 Å². The number of nitrogens with two attached hydrogens (primary N) is 2. The average molecular weight is 773 g/mol. The number of ether oxygens (including phenoxy) is 1. The van der Waals surface area contributed by atoms with Gasteiger partial charge in [0.25, 0.3) is 0 Å². The zero-order chi connectivity index (χ0) is 39.7. The van der Waals surface area contributed by atoms with Crippen molar-refractivity contribution in [2.24, 2.45) is 74.8 Å². The van der Waals surface area contributed by atoms with Crippen molar-refractivity contribution in [2.45, 2.75) is 166 Å². The summed E-state index contributed by atoms with van der Waals surface area (Å²) in [5.74, 6) is -1.50. The molecular formula is C44H74N3O8+. The zero-order valence-electron chi connectivity index (χ0n) is 34.2. The standard InChI is InChI=1S/C44H73N3O8/c1-6-7-8-9-10-29-23-55-39(25(29)3)40(52)42(5,53)33-15-16-44(54)36-35-27(18-41(33,44)4)12-11-26(28-13-14-34(45)46-22-28)19-43(35)20-32(50)31(49)17-30(43)38(51)37(36)47-21-24(2)48/h11-12,24-36,39-40,46,48-50,52-54H,6-10,13-23,45H2,1-5H3/p+1. The topological polar surface area (TPSA) is 203 Å². The summed E-state index contributed by atoms with van der Waals surface area (Å²) in [6.45, 7) is 11.2. The van der Waals surface area contributed by atoms with E-state index in [4.69, 9.17) is 15.5 Å². The van der Waals surface area contributed by atoms with Gasteiger partial charge in [-0.25, -0.2) is 0 Å². The molecule has 2 saturated heterocycles. The fraction of sp³-hybridized carbons (Fsp3) is 0.909. The molecule has 0 radical (unpaired) electrons. The predicted molar refractivity (Wildman–Crippen MR) is 210 cm³/mol. The van der Waals surface area contributed by atoms with Gasteiger partial charge in [-0.2, -0.15) is 0 Å². The molecule has 312 valence electrons. The predicted octanol–water partition coefficient (Wildman–Crippen LogP) is 2.48. The Balaban J connectivity index is 1.28. The van der Waals surface area contributed by atoms with E-state index in [1.54, 1.807) is 13.8 Å². The Bertz CT molecular complexity index is 1450. The number of carbonyl (C=O) groups is 1. The first-order chi connectivity index (χ1) is 26.0. The molecule has 19 unspecified atom stereocenters. The molecule has 2 aliphatic heterocycles. The van der Waals surface area contributed by atoms with Crippen LogP contribution in [0.1, 0.15) is 118 Å². The third-order valence-corrected chi connectivity index (χ3v) is 17.1. The van der Waals surface area contributed by atoms with Gasteiger partial charge in [-0.05, 0) is 106 Å². The molecule has 0 aromatic carbocycles. The number of carbonyl (C=O) groups excluding carboxylic acids is 1. The number of piperidine rings is 1. The molecule has 0 amide bonds. The maximum Gasteiger partial charge on any atom is 0.180 e. The quantitative estimate of drug-likeness (QED) is 0.115. The van der Waals surface area contributed by atoms with Crippen molar-refractivity contribution < 1.29 is 45.5 Å². The SMILES string of the molecule is CCCCCCC1COC(C(O)C(C)(O)C2CCC3(O)C4C(=NCC(C)O)C(=O)C5CC(O)C(O)CC56CC(C5CCC(N)[NH2+]C5)C=CC(CC23C)C46)C1C. The van der Waals surface area contributed by atoms with E-state index in [0.29, 0.717) is 44.1 Å². The number of hydrogen-bond acceptors (Lipinski definition) is 10. The van der Waals surface area contributed by atoms with Gasteiger partial charge in [0.1, 0.15) is 12.3 Å². The number of aliphatic hydroxyl groups is 6. The summed E-state index contributed by atoms with van der Waals surface area (Å²) in [6.07, 6.45) is 10.2. The molecule has 4 saturated carbocycles. The molecule has 19 atom stereocenters. The van der Waals surface area contributed by atoms with Gasteiger partial charge in [0.05, 0.1) is 61.0 Å². The summed E-state index contributed by atoms with van der Waals surface area (Å²) in [5.41, 5.74) is 1.91. The molecule has 0 aromatic rings. The van der Waals surface area contributed by atoms with Crippen molar-refractivity contribution >= 4 is 11.5 Å². The molecule has 10 N–H and O–H groups in total. The summed E-state index contributed by atoms with van der Waals surface area (Å²) in [6, 6.07) is 0. The highest BCUT2D eigenvalue weighted by molar-refractivity contribution is 6.42. The molecule has 6 fully saturated rings. The van der Waals surface area contributed by atoms with Gasteiger partial charge in [0.15, 0.2) is 5.78 Å². The van der Waals surface area contributed by atoms with E-state index in [1.165, 1.54) is 19.3 Å². The summed E-state index contributed by atoms with van der Waals surface area (Å²) in [4.78, 5) is 20.0. The molecule has 2 heterocycles. The van der Waals surface area contributed by atoms with Crippen molar-refractivity contribution in [2.75, 3.05) is 19.7 Å². The van der Waals surface area contributed by atoms with Gasteiger partial charge in [-0.3, -0.25) is 15.5 Å². The number of quaternary nitrogens is 1. The van der Waals surface area contributed by atoms with Crippen LogP contribution >= 0.6 is 0 Å². The van der Waals surface area contributed by atoms with Crippen molar-refractivity contribution in [1.82, 2.24) is 0 Å². The van der Waals surface area contributed by atoms with Crippen LogP contribution < -0.4 is 11.1 Å². The number of allylic oxidation sites excluding steroid dienone is 2. The number of hydrogen-bond donors (Lipinski definition) is 8. The summed E-state index contributed by atoms with van der Waals surface area (Å²) in [5, 5.41) is 73.7. The summed E-state index contributed by atoms with van der Waals surface area (Å²) >= 11 is 0. The number of rotatable bonds is 11. The number of ketones is 1. The monoisotopic (exact) mass is 773 g/mol. The zero-order valence-corrected chi connectivity index (χ0v) is 34.2. The first-order valence-electron chi connectivity index (χ1n) is 22.1. The van der Waals surface area contributed by atoms with Crippen LogP contribution in [0, 0.1) is 64.1 Å². The van der Waals surface area contributed by atoms with E-state index >= 15 is 4.79 Å². The lowest BCUT2D eigenvalue weighted by molar-refractivity contribution is -0.703. The van der Waals surface area contributed by atoms with Crippen LogP contribution in [0.3, 0.4) is 0 Å². The van der Waals surface area contributed by atoms with Crippen LogP contribution in [0.15, 0.2) is 17.1 Å². The van der Waals surface area contributed by atoms with Crippen LogP contribution in [0.2, 0.25) is 0 Å². The minimum absolute atomic E-state index is 0.0135. The van der Waals surface area contributed by atoms with Crippen LogP contribution in [-0.4, -0.2) is 110 Å². The fourth-order valence-corrected chi connectivity index (χ4v) is 14.1. The van der Waals surface area contributed by atoms with E-state index in [1.807, 2.05) is 0 Å². The molecule has 11 nitrogen and oxygen atoms in total. The van der Waals surface area contributed by atoms with Gasteiger partial charge in [-0.15, -0.1) is 0 Å². The lowest BCUT2D eigenvalue weighted by atomic mass is 9.38. The van der Waals surface area contributed by atoms with Crippen molar-refractivity contribution in [1.29, 1.82) is 0 Å². The number of aliphatic hydroxyl groups excluding tert-OH is 4. The van der Waals surface area contributed by atoms with Gasteiger partial charge in [0.2, 0.25) is 0 Å². The van der Waals surface area contributed by atoms with Gasteiger partial charge in [0, 0.05) is 29.6 Å². The highest BCUT2D eigenvalue weighted by Gasteiger charge is 2.76. The Morgan fingerprint density at radius 2 is 1.82 bits per heavy atom. The number of Topliss-reactive ketones (excluding diaryl/α,β-unsaturated/α-hetero) is 1. The minimum atomic E-state index is -1.60. The number of unbranched alkanes of at least 4 members (excludes halogenated alkanes) is 3. The highest BCUT2D eigenvalue weighted by atomic mass is 16.5. The number of fused-ring (bicyclic) bond motifs is 2. The van der Waals surface area contributed by atoms with E-state index in [-0.39, 0.29) is 60.7 Å². The molecule has 5 aliphatic carbocycles. The highest BCUT2D eigenvalue weighted by Crippen LogP contribution is 2.73. The van der Waals surface area contributed by atoms with E-state index in [0.717, 1.165) is 32.2 Å². The van der Waals surface area contributed by atoms with Crippen molar-refractivity contribution in [3.8, 4) is 0 Å². The van der Waals surface area contributed by atoms with Crippen LogP contribution in [0.25, 0.3) is 0 Å². The Morgan fingerprint density at radius 1 is 1.07 bits per heavy atom. The third-order valence-electron chi connectivity index (χ3n) is 17.1. The Hall–Kier alpha value is -1.28. The molecule has 7 rings (SSSR count). The van der Waals surface area contributed by atoms with E-state index < -0.39 is 70.3 Å². The maximum absolute atomic E-state index is 15.1. The second kappa shape index (κ2) is 15.7. The molecule has 11 heteroatoms. The molecule has 0 bridgehead atoms. The van der Waals surface area contributed by atoms with E-state index in [2.05, 4.69) is 38.2 Å². The fourth-order valence-electron chi connectivity index (χ4n) is 14.1. The Labute approximate surface area is 329 Å².